The summed E-state index contributed by atoms with van der Waals surface area (Å²) < 4.78 is 0. The van der Waals surface area contributed by atoms with Crippen LogP contribution in [0.2, 0.25) is 10.0 Å². The molecule has 144 valence electrons. The molecule has 2 aromatic carbocycles. The Kier molecular flexibility index (Phi) is 6.44. The number of halogens is 2. The van der Waals surface area contributed by atoms with Gasteiger partial charge in [0.15, 0.2) is 0 Å². The van der Waals surface area contributed by atoms with Crippen LogP contribution in [0.5, 0.6) is 0 Å². The number of benzene rings is 2. The van der Waals surface area contributed by atoms with E-state index in [9.17, 15) is 9.59 Å². The van der Waals surface area contributed by atoms with E-state index in [2.05, 4.69) is 21.1 Å². The van der Waals surface area contributed by atoms with Crippen LogP contribution >= 0.6 is 23.2 Å². The first-order valence-electron chi connectivity index (χ1n) is 8.69. The molecule has 28 heavy (non-hydrogen) atoms. The molecular weight excluding hydrogens is 399 g/mol. The smallest absolute Gasteiger partial charge is 0.255 e. The number of nitrogens with one attached hydrogen (secondary N) is 2. The molecule has 1 aliphatic rings. The first kappa shape index (κ1) is 20.0. The third-order valence-electron chi connectivity index (χ3n) is 4.63. The van der Waals surface area contributed by atoms with E-state index < -0.39 is 17.2 Å². The van der Waals surface area contributed by atoms with Gasteiger partial charge in [-0.1, -0.05) is 66.0 Å². The maximum atomic E-state index is 12.6. The van der Waals surface area contributed by atoms with E-state index in [1.165, 1.54) is 12.4 Å². The first-order valence-corrected chi connectivity index (χ1v) is 9.44. The van der Waals surface area contributed by atoms with Crippen LogP contribution in [0.3, 0.4) is 0 Å². The fourth-order valence-electron chi connectivity index (χ4n) is 2.78. The summed E-state index contributed by atoms with van der Waals surface area (Å²) in [7, 11) is 0. The highest BCUT2D eigenvalue weighted by molar-refractivity contribution is 6.33. The van der Waals surface area contributed by atoms with E-state index in [1.54, 1.807) is 36.4 Å². The van der Waals surface area contributed by atoms with Gasteiger partial charge in [0.1, 0.15) is 5.41 Å². The van der Waals surface area contributed by atoms with Crippen LogP contribution in [0.15, 0.2) is 58.7 Å². The highest BCUT2D eigenvalue weighted by Crippen LogP contribution is 2.41. The van der Waals surface area contributed by atoms with Crippen LogP contribution in [0.1, 0.15) is 30.4 Å². The van der Waals surface area contributed by atoms with Crippen LogP contribution in [0, 0.1) is 5.41 Å². The van der Waals surface area contributed by atoms with Gasteiger partial charge in [0.2, 0.25) is 0 Å². The molecule has 1 aliphatic carbocycles. The van der Waals surface area contributed by atoms with Crippen molar-refractivity contribution in [3.05, 3.63) is 69.7 Å². The van der Waals surface area contributed by atoms with Crippen LogP contribution in [0.25, 0.3) is 0 Å². The number of hydrogen-bond donors (Lipinski definition) is 2. The summed E-state index contributed by atoms with van der Waals surface area (Å²) >= 11 is 12.1. The Balaban J connectivity index is 1.62. The van der Waals surface area contributed by atoms with Crippen LogP contribution in [-0.2, 0) is 9.59 Å². The van der Waals surface area contributed by atoms with E-state index in [1.807, 2.05) is 12.1 Å². The SMILES string of the molecule is O=C(NN=Cc1ccccc1Cl)C1(C(=O)NN=Cc2ccccc2Cl)CCC1. The fourth-order valence-corrected chi connectivity index (χ4v) is 3.15. The fraction of sp³-hybridized carbons (Fsp3) is 0.200. The Labute approximate surface area is 172 Å². The Hall–Kier alpha value is -2.70. The molecule has 0 saturated heterocycles. The zero-order valence-corrected chi connectivity index (χ0v) is 16.4. The molecule has 0 aromatic heterocycles. The molecule has 1 saturated carbocycles. The molecule has 0 heterocycles. The third kappa shape index (κ3) is 4.40. The first-order chi connectivity index (χ1) is 13.5. The van der Waals surface area contributed by atoms with Crippen molar-refractivity contribution in [3.63, 3.8) is 0 Å². The molecule has 0 atom stereocenters. The van der Waals surface area contributed by atoms with E-state index in [4.69, 9.17) is 23.2 Å². The second-order valence-corrected chi connectivity index (χ2v) is 7.19. The lowest BCUT2D eigenvalue weighted by Gasteiger charge is -2.36. The van der Waals surface area contributed by atoms with Crippen molar-refractivity contribution in [2.75, 3.05) is 0 Å². The summed E-state index contributed by atoms with van der Waals surface area (Å²) in [4.78, 5) is 25.1. The third-order valence-corrected chi connectivity index (χ3v) is 5.31. The molecule has 0 unspecified atom stereocenters. The van der Waals surface area contributed by atoms with Gasteiger partial charge in [0, 0.05) is 21.2 Å². The van der Waals surface area contributed by atoms with Crippen molar-refractivity contribution in [2.45, 2.75) is 19.3 Å². The molecule has 0 aliphatic heterocycles. The number of carbonyl (C=O) groups is 2. The van der Waals surface area contributed by atoms with Crippen LogP contribution in [-0.4, -0.2) is 24.2 Å². The lowest BCUT2D eigenvalue weighted by molar-refractivity contribution is -0.149. The summed E-state index contributed by atoms with van der Waals surface area (Å²) in [5.74, 6) is -0.931. The van der Waals surface area contributed by atoms with Crippen molar-refractivity contribution in [2.24, 2.45) is 15.6 Å². The van der Waals surface area contributed by atoms with Gasteiger partial charge in [-0.15, -0.1) is 0 Å². The largest absolute Gasteiger partial charge is 0.272 e. The number of carbonyl (C=O) groups excluding carboxylic acids is 2. The number of hydrogen-bond acceptors (Lipinski definition) is 4. The quantitative estimate of drug-likeness (QED) is 0.426. The average Bonchev–Trinajstić information content (AvgIpc) is 2.64. The molecule has 8 heteroatoms. The highest BCUT2D eigenvalue weighted by Gasteiger charge is 2.51. The normalized spacial score (nSPS) is 15.4. The predicted octanol–water partition coefficient (Wildman–Crippen LogP) is 3.76. The zero-order valence-electron chi connectivity index (χ0n) is 14.9. The minimum absolute atomic E-state index is 0.438. The number of nitrogens with zero attached hydrogens (tertiary/aromatic N) is 2. The Bertz CT molecular complexity index is 868. The lowest BCUT2D eigenvalue weighted by Crippen LogP contribution is -2.53. The van der Waals surface area contributed by atoms with E-state index >= 15 is 0 Å². The molecule has 2 N–H and O–H groups in total. The summed E-state index contributed by atoms with van der Waals surface area (Å²) in [5.41, 5.74) is 5.04. The van der Waals surface area contributed by atoms with Gasteiger partial charge in [-0.3, -0.25) is 9.59 Å². The van der Waals surface area contributed by atoms with E-state index in [0.717, 1.165) is 6.42 Å². The Morgan fingerprint density at radius 2 is 1.25 bits per heavy atom. The molecule has 0 radical (unpaired) electrons. The number of hydrazone groups is 2. The van der Waals surface area contributed by atoms with Gasteiger partial charge in [0.25, 0.3) is 11.8 Å². The van der Waals surface area contributed by atoms with Crippen LogP contribution < -0.4 is 10.9 Å². The maximum absolute atomic E-state index is 12.6. The van der Waals surface area contributed by atoms with Gasteiger partial charge in [-0.2, -0.15) is 10.2 Å². The van der Waals surface area contributed by atoms with Crippen molar-refractivity contribution in [3.8, 4) is 0 Å². The maximum Gasteiger partial charge on any atom is 0.255 e. The van der Waals surface area contributed by atoms with Crippen molar-refractivity contribution in [1.82, 2.24) is 10.9 Å². The molecule has 1 fully saturated rings. The monoisotopic (exact) mass is 416 g/mol. The topological polar surface area (TPSA) is 82.9 Å². The van der Waals surface area contributed by atoms with Gasteiger partial charge >= 0.3 is 0 Å². The zero-order chi connectivity index (χ0) is 20.0. The van der Waals surface area contributed by atoms with Gasteiger partial charge < -0.3 is 0 Å². The highest BCUT2D eigenvalue weighted by atomic mass is 35.5. The van der Waals surface area contributed by atoms with Crippen molar-refractivity contribution in [1.29, 1.82) is 0 Å². The van der Waals surface area contributed by atoms with Crippen molar-refractivity contribution < 1.29 is 9.59 Å². The van der Waals surface area contributed by atoms with Gasteiger partial charge in [-0.25, -0.2) is 10.9 Å². The van der Waals surface area contributed by atoms with Gasteiger partial charge in [0.05, 0.1) is 12.4 Å². The van der Waals surface area contributed by atoms with Gasteiger partial charge in [-0.05, 0) is 25.0 Å². The minimum atomic E-state index is -1.17. The summed E-state index contributed by atoms with van der Waals surface area (Å²) in [5, 5.41) is 8.89. The second kappa shape index (κ2) is 8.99. The average molecular weight is 417 g/mol. The molecule has 0 bridgehead atoms. The Morgan fingerprint density at radius 3 is 1.61 bits per heavy atom. The Morgan fingerprint density at radius 1 is 0.821 bits per heavy atom. The number of rotatable bonds is 6. The summed E-state index contributed by atoms with van der Waals surface area (Å²) in [6, 6.07) is 14.2. The van der Waals surface area contributed by atoms with Crippen molar-refractivity contribution >= 4 is 47.4 Å². The molecule has 2 amide bonds. The summed E-state index contributed by atoms with van der Waals surface area (Å²) in [6.45, 7) is 0. The molecule has 2 aromatic rings. The molecule has 6 nitrogen and oxygen atoms in total. The lowest BCUT2D eigenvalue weighted by atomic mass is 9.67. The molecule has 0 spiro atoms. The molecular formula is C20H18Cl2N4O2. The summed E-state index contributed by atoms with van der Waals surface area (Å²) in [6.07, 6.45) is 4.55. The van der Waals surface area contributed by atoms with E-state index in [0.29, 0.717) is 34.0 Å². The van der Waals surface area contributed by atoms with Crippen LogP contribution in [0.4, 0.5) is 0 Å². The molecule has 3 rings (SSSR count). The minimum Gasteiger partial charge on any atom is -0.272 e. The predicted molar refractivity (Wildman–Crippen MR) is 111 cm³/mol. The second-order valence-electron chi connectivity index (χ2n) is 6.38. The van der Waals surface area contributed by atoms with E-state index in [-0.39, 0.29) is 0 Å². The standard InChI is InChI=1S/C20H18Cl2N4O2/c21-16-8-3-1-6-14(16)12-23-25-18(27)20(10-5-11-20)19(28)26-24-13-15-7-2-4-9-17(15)22/h1-4,6-9,12-13H,5,10-11H2,(H,25,27)(H,26,28). The number of amides is 2.